The van der Waals surface area contributed by atoms with E-state index in [1.54, 1.807) is 0 Å². The molecule has 3 rings (SSSR count). The maximum atomic E-state index is 5.70. The van der Waals surface area contributed by atoms with Crippen molar-refractivity contribution in [2.24, 2.45) is 5.73 Å². The highest BCUT2D eigenvalue weighted by atomic mass is 15.2. The first-order valence-corrected chi connectivity index (χ1v) is 7.59. The molecule has 2 aromatic heterocycles. The lowest BCUT2D eigenvalue weighted by Gasteiger charge is -2.34. The Morgan fingerprint density at radius 3 is 2.75 bits per heavy atom. The number of pyridine rings is 1. The summed E-state index contributed by atoms with van der Waals surface area (Å²) in [5, 5.41) is 0. The molecule has 2 N–H and O–H groups in total. The van der Waals surface area contributed by atoms with Crippen LogP contribution in [0, 0.1) is 0 Å². The molecule has 0 atom stereocenters. The standard InChI is InChI=1S/C16H24N4/c1-12(2)19-6-4-14(5-7-19)16-18-11-15-9-13(10-17)3-8-20(15)16/h3,8-9,11-12,14H,4-7,10,17H2,1-2H3. The first-order chi connectivity index (χ1) is 9.69. The fourth-order valence-corrected chi connectivity index (χ4v) is 3.17. The number of nitrogens with zero attached hydrogens (tertiary/aromatic N) is 3. The highest BCUT2D eigenvalue weighted by molar-refractivity contribution is 5.48. The van der Waals surface area contributed by atoms with Crippen LogP contribution in [0.4, 0.5) is 0 Å². The number of aromatic nitrogens is 2. The van der Waals surface area contributed by atoms with Gasteiger partial charge in [0.05, 0.1) is 11.7 Å². The van der Waals surface area contributed by atoms with Crippen molar-refractivity contribution in [3.8, 4) is 0 Å². The molecule has 0 amide bonds. The Kier molecular flexibility index (Phi) is 3.76. The average Bonchev–Trinajstić information content (AvgIpc) is 2.90. The van der Waals surface area contributed by atoms with Crippen molar-refractivity contribution >= 4 is 5.52 Å². The third-order valence-corrected chi connectivity index (χ3v) is 4.49. The van der Waals surface area contributed by atoms with Crippen molar-refractivity contribution in [1.82, 2.24) is 14.3 Å². The van der Waals surface area contributed by atoms with Crippen LogP contribution in [0.3, 0.4) is 0 Å². The average molecular weight is 272 g/mol. The topological polar surface area (TPSA) is 46.6 Å². The van der Waals surface area contributed by atoms with E-state index in [4.69, 9.17) is 5.73 Å². The van der Waals surface area contributed by atoms with E-state index in [0.29, 0.717) is 18.5 Å². The molecule has 0 aliphatic carbocycles. The van der Waals surface area contributed by atoms with Crippen molar-refractivity contribution in [3.63, 3.8) is 0 Å². The summed E-state index contributed by atoms with van der Waals surface area (Å²) < 4.78 is 2.23. The van der Waals surface area contributed by atoms with Gasteiger partial charge in [-0.1, -0.05) is 0 Å². The third kappa shape index (κ3) is 2.45. The first-order valence-electron chi connectivity index (χ1n) is 7.59. The molecule has 108 valence electrons. The number of hydrogen-bond donors (Lipinski definition) is 1. The van der Waals surface area contributed by atoms with Gasteiger partial charge in [-0.15, -0.1) is 0 Å². The largest absolute Gasteiger partial charge is 0.326 e. The Bertz CT molecular complexity index is 579. The lowest BCUT2D eigenvalue weighted by Crippen LogP contribution is -2.38. The number of piperidine rings is 1. The third-order valence-electron chi connectivity index (χ3n) is 4.49. The van der Waals surface area contributed by atoms with E-state index >= 15 is 0 Å². The Balaban J connectivity index is 1.81. The van der Waals surface area contributed by atoms with Gasteiger partial charge in [-0.25, -0.2) is 4.98 Å². The summed E-state index contributed by atoms with van der Waals surface area (Å²) in [5.41, 5.74) is 8.03. The quantitative estimate of drug-likeness (QED) is 0.933. The Morgan fingerprint density at radius 2 is 2.10 bits per heavy atom. The predicted octanol–water partition coefficient (Wildman–Crippen LogP) is 2.38. The van der Waals surface area contributed by atoms with Gasteiger partial charge in [-0.2, -0.15) is 0 Å². The summed E-state index contributed by atoms with van der Waals surface area (Å²) in [7, 11) is 0. The summed E-state index contributed by atoms with van der Waals surface area (Å²) in [6.45, 7) is 7.50. The van der Waals surface area contributed by atoms with Crippen molar-refractivity contribution in [2.75, 3.05) is 13.1 Å². The summed E-state index contributed by atoms with van der Waals surface area (Å²) in [5.74, 6) is 1.79. The summed E-state index contributed by atoms with van der Waals surface area (Å²) in [6, 6.07) is 4.89. The normalized spacial score (nSPS) is 18.2. The zero-order chi connectivity index (χ0) is 14.1. The lowest BCUT2D eigenvalue weighted by molar-refractivity contribution is 0.169. The maximum Gasteiger partial charge on any atom is 0.116 e. The van der Waals surface area contributed by atoms with Crippen molar-refractivity contribution in [2.45, 2.75) is 45.2 Å². The Morgan fingerprint density at radius 1 is 1.35 bits per heavy atom. The molecule has 0 radical (unpaired) electrons. The minimum Gasteiger partial charge on any atom is -0.326 e. The molecule has 1 saturated heterocycles. The fourth-order valence-electron chi connectivity index (χ4n) is 3.17. The van der Waals surface area contributed by atoms with Crippen molar-refractivity contribution < 1.29 is 0 Å². The molecule has 1 fully saturated rings. The number of fused-ring (bicyclic) bond motifs is 1. The van der Waals surface area contributed by atoms with Gasteiger partial charge >= 0.3 is 0 Å². The van der Waals surface area contributed by atoms with Gasteiger partial charge in [0, 0.05) is 24.7 Å². The second kappa shape index (κ2) is 5.54. The zero-order valence-corrected chi connectivity index (χ0v) is 12.4. The monoisotopic (exact) mass is 272 g/mol. The fraction of sp³-hybridized carbons (Fsp3) is 0.562. The van der Waals surface area contributed by atoms with E-state index in [9.17, 15) is 0 Å². The molecule has 0 bridgehead atoms. The summed E-state index contributed by atoms with van der Waals surface area (Å²) in [6.07, 6.45) is 6.50. The van der Waals surface area contributed by atoms with Gasteiger partial charge in [0.2, 0.25) is 0 Å². The van der Waals surface area contributed by atoms with E-state index in [2.05, 4.69) is 46.5 Å². The number of hydrogen-bond acceptors (Lipinski definition) is 3. The number of likely N-dealkylation sites (tertiary alicyclic amines) is 1. The predicted molar refractivity (Wildman–Crippen MR) is 81.8 cm³/mol. The summed E-state index contributed by atoms with van der Waals surface area (Å²) >= 11 is 0. The lowest BCUT2D eigenvalue weighted by atomic mass is 9.95. The van der Waals surface area contributed by atoms with E-state index in [0.717, 1.165) is 5.52 Å². The van der Waals surface area contributed by atoms with Crippen LogP contribution in [0.2, 0.25) is 0 Å². The Hall–Kier alpha value is -1.39. The van der Waals surface area contributed by atoms with Gasteiger partial charge < -0.3 is 15.0 Å². The SMILES string of the molecule is CC(C)N1CCC(c2ncc3cc(CN)ccn23)CC1. The van der Waals surface area contributed by atoms with Crippen LogP contribution in [0.5, 0.6) is 0 Å². The minimum absolute atomic E-state index is 0.580. The molecule has 1 aliphatic heterocycles. The molecule has 4 nitrogen and oxygen atoms in total. The van der Waals surface area contributed by atoms with E-state index in [-0.39, 0.29) is 0 Å². The van der Waals surface area contributed by atoms with Gasteiger partial charge in [0.1, 0.15) is 5.82 Å². The van der Waals surface area contributed by atoms with E-state index in [1.165, 1.54) is 37.3 Å². The van der Waals surface area contributed by atoms with Crippen molar-refractivity contribution in [1.29, 1.82) is 0 Å². The number of nitrogens with two attached hydrogens (primary N) is 1. The highest BCUT2D eigenvalue weighted by Gasteiger charge is 2.24. The molecule has 0 unspecified atom stereocenters. The molecule has 1 aliphatic rings. The second-order valence-corrected chi connectivity index (χ2v) is 6.05. The van der Waals surface area contributed by atoms with E-state index < -0.39 is 0 Å². The molecule has 0 spiro atoms. The van der Waals surface area contributed by atoms with Crippen LogP contribution in [-0.4, -0.2) is 33.4 Å². The number of rotatable bonds is 3. The van der Waals surface area contributed by atoms with Gasteiger partial charge in [0.15, 0.2) is 0 Å². The van der Waals surface area contributed by atoms with E-state index in [1.807, 2.05) is 6.20 Å². The molecule has 2 aromatic rings. The Labute approximate surface area is 120 Å². The molecule has 4 heteroatoms. The minimum atomic E-state index is 0.580. The number of imidazole rings is 1. The zero-order valence-electron chi connectivity index (χ0n) is 12.4. The molecular weight excluding hydrogens is 248 g/mol. The first kappa shape index (κ1) is 13.6. The van der Waals surface area contributed by atoms with Crippen LogP contribution in [0.1, 0.15) is 44.0 Å². The highest BCUT2D eigenvalue weighted by Crippen LogP contribution is 2.28. The second-order valence-electron chi connectivity index (χ2n) is 6.05. The molecule has 3 heterocycles. The van der Waals surface area contributed by atoms with Crippen LogP contribution in [-0.2, 0) is 6.54 Å². The van der Waals surface area contributed by atoms with Crippen LogP contribution in [0.15, 0.2) is 24.5 Å². The molecule has 0 saturated carbocycles. The molecule has 0 aromatic carbocycles. The molecular formula is C16H24N4. The van der Waals surface area contributed by atoms with Crippen LogP contribution >= 0.6 is 0 Å². The maximum absolute atomic E-state index is 5.70. The van der Waals surface area contributed by atoms with Crippen molar-refractivity contribution in [3.05, 3.63) is 35.9 Å². The van der Waals surface area contributed by atoms with Gasteiger partial charge in [-0.05, 0) is 57.5 Å². The summed E-state index contributed by atoms with van der Waals surface area (Å²) in [4.78, 5) is 7.22. The van der Waals surface area contributed by atoms with Crippen LogP contribution in [0.25, 0.3) is 5.52 Å². The van der Waals surface area contributed by atoms with Gasteiger partial charge in [-0.3, -0.25) is 0 Å². The van der Waals surface area contributed by atoms with Gasteiger partial charge in [0.25, 0.3) is 0 Å². The molecule has 20 heavy (non-hydrogen) atoms. The van der Waals surface area contributed by atoms with Crippen LogP contribution < -0.4 is 5.73 Å². The smallest absolute Gasteiger partial charge is 0.116 e.